The quantitative estimate of drug-likeness (QED) is 0.219. The van der Waals surface area contributed by atoms with Gasteiger partial charge in [-0.25, -0.2) is 9.79 Å². The topological polar surface area (TPSA) is 88.4 Å². The summed E-state index contributed by atoms with van der Waals surface area (Å²) in [4.78, 5) is 32.3. The van der Waals surface area contributed by atoms with Crippen LogP contribution in [0.25, 0.3) is 6.08 Å². The Morgan fingerprint density at radius 1 is 1.05 bits per heavy atom. The van der Waals surface area contributed by atoms with E-state index >= 15 is 0 Å². The van der Waals surface area contributed by atoms with Crippen LogP contribution in [0.5, 0.6) is 17.2 Å². The van der Waals surface area contributed by atoms with E-state index in [2.05, 4.69) is 4.99 Å². The largest absolute Gasteiger partial charge is 0.493 e. The number of halogens is 2. The first-order chi connectivity index (χ1) is 20.7. The van der Waals surface area contributed by atoms with Crippen LogP contribution in [0.4, 0.5) is 0 Å². The van der Waals surface area contributed by atoms with Crippen LogP contribution in [0.3, 0.4) is 0 Å². The average Bonchev–Trinajstić information content (AvgIpc) is 3.29. The van der Waals surface area contributed by atoms with Crippen molar-refractivity contribution in [3.63, 3.8) is 0 Å². The van der Waals surface area contributed by atoms with Gasteiger partial charge in [-0.2, -0.15) is 0 Å². The highest BCUT2D eigenvalue weighted by Gasteiger charge is 2.34. The predicted octanol–water partition coefficient (Wildman–Crippen LogP) is 5.70. The molecule has 0 saturated carbocycles. The minimum atomic E-state index is -0.781. The summed E-state index contributed by atoms with van der Waals surface area (Å²) < 4.78 is 24.2. The van der Waals surface area contributed by atoms with Crippen molar-refractivity contribution in [1.29, 1.82) is 0 Å². The van der Waals surface area contributed by atoms with Crippen molar-refractivity contribution < 1.29 is 23.7 Å². The summed E-state index contributed by atoms with van der Waals surface area (Å²) in [6.07, 6.45) is 1.78. The molecule has 0 bridgehead atoms. The molecular weight excluding hydrogens is 611 g/mol. The van der Waals surface area contributed by atoms with E-state index in [0.717, 1.165) is 11.1 Å². The molecule has 1 aliphatic rings. The average molecular weight is 640 g/mol. The Morgan fingerprint density at radius 3 is 2.56 bits per heavy atom. The Morgan fingerprint density at radius 2 is 1.84 bits per heavy atom. The molecule has 0 aliphatic carbocycles. The van der Waals surface area contributed by atoms with E-state index in [1.165, 1.54) is 23.0 Å². The molecular formula is C32H28Cl2N2O6S. The maximum atomic E-state index is 14.0. The number of rotatable bonds is 9. The minimum Gasteiger partial charge on any atom is -0.493 e. The molecule has 0 saturated heterocycles. The first kappa shape index (κ1) is 30.4. The Hall–Kier alpha value is -4.05. The van der Waals surface area contributed by atoms with E-state index in [0.29, 0.717) is 47.9 Å². The third kappa shape index (κ3) is 6.34. The van der Waals surface area contributed by atoms with Crippen LogP contribution in [0, 0.1) is 0 Å². The highest BCUT2D eigenvalue weighted by Crippen LogP contribution is 2.36. The van der Waals surface area contributed by atoms with Crippen LogP contribution in [-0.4, -0.2) is 31.4 Å². The molecule has 3 aromatic carbocycles. The van der Waals surface area contributed by atoms with Gasteiger partial charge >= 0.3 is 5.97 Å². The van der Waals surface area contributed by atoms with Crippen molar-refractivity contribution in [1.82, 2.24) is 4.57 Å². The number of carbonyl (C=O) groups excluding carboxylic acids is 1. The third-order valence-corrected chi connectivity index (χ3v) is 8.38. The Bertz CT molecular complexity index is 1910. The molecule has 11 heteroatoms. The van der Waals surface area contributed by atoms with Gasteiger partial charge in [-0.15, -0.1) is 0 Å². The molecule has 5 rings (SSSR count). The van der Waals surface area contributed by atoms with Gasteiger partial charge in [0.25, 0.3) is 5.56 Å². The molecule has 1 aliphatic heterocycles. The van der Waals surface area contributed by atoms with E-state index in [9.17, 15) is 9.59 Å². The zero-order valence-electron chi connectivity index (χ0n) is 23.9. The van der Waals surface area contributed by atoms with Crippen LogP contribution < -0.4 is 29.1 Å². The summed E-state index contributed by atoms with van der Waals surface area (Å²) >= 11 is 13.5. The zero-order chi connectivity index (χ0) is 30.7. The van der Waals surface area contributed by atoms with Crippen molar-refractivity contribution in [2.75, 3.05) is 20.8 Å². The first-order valence-corrected chi connectivity index (χ1v) is 14.9. The molecule has 1 unspecified atom stereocenters. The van der Waals surface area contributed by atoms with Gasteiger partial charge in [0, 0.05) is 15.6 Å². The Labute approximate surface area is 262 Å². The fourth-order valence-corrected chi connectivity index (χ4v) is 6.28. The minimum absolute atomic E-state index is 0.182. The standard InChI is InChI=1S/C32H28Cl2N2O6S/c1-5-41-31(38)28-18(2)35-32-36(29(28)20-10-12-25(39-3)26(15-20)40-4)30(37)27(43-32)14-19-7-6-8-23(13-19)42-17-21-9-11-22(33)16-24(21)34/h6-16,29H,5,17H2,1-4H3/b27-14-. The second-order valence-electron chi connectivity index (χ2n) is 9.51. The normalized spacial score (nSPS) is 14.7. The number of benzene rings is 3. The van der Waals surface area contributed by atoms with Crippen LogP contribution in [0.15, 0.2) is 81.7 Å². The lowest BCUT2D eigenvalue weighted by atomic mass is 9.95. The third-order valence-electron chi connectivity index (χ3n) is 6.81. The molecule has 1 atom stereocenters. The molecule has 1 aromatic heterocycles. The number of fused-ring (bicyclic) bond motifs is 1. The van der Waals surface area contributed by atoms with Gasteiger partial charge in [0.2, 0.25) is 0 Å². The lowest BCUT2D eigenvalue weighted by molar-refractivity contribution is -0.139. The highest BCUT2D eigenvalue weighted by atomic mass is 35.5. The number of hydrogen-bond donors (Lipinski definition) is 0. The van der Waals surface area contributed by atoms with Gasteiger partial charge in [0.1, 0.15) is 12.4 Å². The first-order valence-electron chi connectivity index (χ1n) is 13.3. The van der Waals surface area contributed by atoms with E-state index in [1.54, 1.807) is 57.4 Å². The summed E-state index contributed by atoms with van der Waals surface area (Å²) in [6.45, 7) is 3.91. The van der Waals surface area contributed by atoms with Crippen molar-refractivity contribution >= 4 is 46.6 Å². The lowest BCUT2D eigenvalue weighted by Gasteiger charge is -2.25. The Kier molecular flexibility index (Phi) is 9.25. The fraction of sp³-hybridized carbons (Fsp3) is 0.219. The molecule has 0 fully saturated rings. The smallest absolute Gasteiger partial charge is 0.338 e. The summed E-state index contributed by atoms with van der Waals surface area (Å²) in [5.41, 5.74) is 2.67. The van der Waals surface area contributed by atoms with Gasteiger partial charge < -0.3 is 18.9 Å². The molecule has 43 heavy (non-hydrogen) atoms. The van der Waals surface area contributed by atoms with Crippen molar-refractivity contribution in [3.05, 3.63) is 118 Å². The van der Waals surface area contributed by atoms with Gasteiger partial charge in [-0.05, 0) is 67.4 Å². The number of nitrogens with zero attached hydrogens (tertiary/aromatic N) is 2. The summed E-state index contributed by atoms with van der Waals surface area (Å²) in [7, 11) is 3.07. The number of thiazole rings is 1. The summed E-state index contributed by atoms with van der Waals surface area (Å²) in [5, 5.41) is 1.07. The monoisotopic (exact) mass is 638 g/mol. The number of allylic oxidation sites excluding steroid dienone is 1. The van der Waals surface area contributed by atoms with Crippen molar-refractivity contribution in [3.8, 4) is 17.2 Å². The molecule has 0 radical (unpaired) electrons. The number of ether oxygens (including phenoxy) is 4. The highest BCUT2D eigenvalue weighted by molar-refractivity contribution is 7.07. The Balaban J connectivity index is 1.56. The van der Waals surface area contributed by atoms with Crippen molar-refractivity contribution in [2.45, 2.75) is 26.5 Å². The SMILES string of the molecule is CCOC(=O)C1=C(C)N=c2s/c(=C\c3cccc(OCc4ccc(Cl)cc4Cl)c3)c(=O)n2C1c1ccc(OC)c(OC)c1. The van der Waals surface area contributed by atoms with Crippen molar-refractivity contribution in [2.24, 2.45) is 4.99 Å². The number of aromatic nitrogens is 1. The number of esters is 1. The van der Waals surface area contributed by atoms with E-state index < -0.39 is 12.0 Å². The molecule has 2 heterocycles. The second kappa shape index (κ2) is 13.1. The van der Waals surface area contributed by atoms with Gasteiger partial charge in [0.05, 0.1) is 42.7 Å². The van der Waals surface area contributed by atoms with Gasteiger partial charge in [0.15, 0.2) is 16.3 Å². The molecule has 0 spiro atoms. The number of methoxy groups -OCH3 is 2. The van der Waals surface area contributed by atoms with E-state index in [-0.39, 0.29) is 24.3 Å². The molecule has 0 amide bonds. The van der Waals surface area contributed by atoms with Crippen LogP contribution in [-0.2, 0) is 16.1 Å². The lowest BCUT2D eigenvalue weighted by Crippen LogP contribution is -2.39. The second-order valence-corrected chi connectivity index (χ2v) is 11.4. The zero-order valence-corrected chi connectivity index (χ0v) is 26.2. The predicted molar refractivity (Wildman–Crippen MR) is 167 cm³/mol. The van der Waals surface area contributed by atoms with E-state index in [4.69, 9.17) is 42.1 Å². The molecule has 222 valence electrons. The van der Waals surface area contributed by atoms with Crippen LogP contribution in [0.2, 0.25) is 10.0 Å². The van der Waals surface area contributed by atoms with Crippen LogP contribution >= 0.6 is 34.5 Å². The maximum Gasteiger partial charge on any atom is 0.338 e. The maximum absolute atomic E-state index is 14.0. The number of carbonyl (C=O) groups is 1. The molecule has 4 aromatic rings. The van der Waals surface area contributed by atoms with Gasteiger partial charge in [-0.3, -0.25) is 9.36 Å². The summed E-state index contributed by atoms with van der Waals surface area (Å²) in [5.74, 6) is 1.06. The van der Waals surface area contributed by atoms with Crippen LogP contribution in [0.1, 0.15) is 36.6 Å². The summed E-state index contributed by atoms with van der Waals surface area (Å²) in [6, 6.07) is 17.1. The van der Waals surface area contributed by atoms with Gasteiger partial charge in [-0.1, -0.05) is 58.8 Å². The number of hydrogen-bond acceptors (Lipinski definition) is 8. The van der Waals surface area contributed by atoms with E-state index in [1.807, 2.05) is 30.3 Å². The fourth-order valence-electron chi connectivity index (χ4n) is 4.78. The molecule has 8 nitrogen and oxygen atoms in total. The molecule has 0 N–H and O–H groups in total.